The predicted molar refractivity (Wildman–Crippen MR) is 74.9 cm³/mol. The van der Waals surface area contributed by atoms with Crippen molar-refractivity contribution in [3.8, 4) is 0 Å². The summed E-state index contributed by atoms with van der Waals surface area (Å²) >= 11 is 9.72. The number of hydrogen-bond donors (Lipinski definition) is 0. The summed E-state index contributed by atoms with van der Waals surface area (Å²) in [5.41, 5.74) is 0. The van der Waals surface area contributed by atoms with Gasteiger partial charge in [0.1, 0.15) is 0 Å². The lowest BCUT2D eigenvalue weighted by molar-refractivity contribution is 0.345. The highest BCUT2D eigenvalue weighted by Gasteiger charge is 2.02. The zero-order chi connectivity index (χ0) is 11.4. The molecular weight excluding hydrogens is 256 g/mol. The molecule has 0 aromatic heterocycles. The van der Waals surface area contributed by atoms with Gasteiger partial charge < -0.3 is 9.47 Å². The summed E-state index contributed by atoms with van der Waals surface area (Å²) in [6.45, 7) is 11.0. The molecule has 0 unspecified atom stereocenters. The lowest BCUT2D eigenvalue weighted by Gasteiger charge is -2.04. The average molecular weight is 270 g/mol. The Morgan fingerprint density at radius 2 is 1.29 bits per heavy atom. The van der Waals surface area contributed by atoms with E-state index in [4.69, 9.17) is 33.9 Å². The van der Waals surface area contributed by atoms with Crippen LogP contribution < -0.4 is 0 Å². The first-order valence-electron chi connectivity index (χ1n) is 3.88. The lowest BCUT2D eigenvalue weighted by Crippen LogP contribution is -1.97. The highest BCUT2D eigenvalue weighted by atomic mass is 33.1. The molecule has 82 valence electrons. The topological polar surface area (TPSA) is 18.5 Å². The molecule has 0 aromatic rings. The van der Waals surface area contributed by atoms with Gasteiger partial charge in [-0.15, -0.1) is 13.2 Å². The van der Waals surface area contributed by atoms with Crippen LogP contribution in [0.1, 0.15) is 13.8 Å². The molecule has 0 heterocycles. The van der Waals surface area contributed by atoms with Crippen LogP contribution >= 0.6 is 46.0 Å². The minimum Gasteiger partial charge on any atom is -0.478 e. The van der Waals surface area contributed by atoms with Gasteiger partial charge in [0.05, 0.1) is 13.2 Å². The quantitative estimate of drug-likeness (QED) is 0.428. The number of hydrogen-bond acceptors (Lipinski definition) is 6. The monoisotopic (exact) mass is 270 g/mol. The van der Waals surface area contributed by atoms with Gasteiger partial charge in [-0.05, 0) is 38.3 Å². The Morgan fingerprint density at radius 3 is 1.50 bits per heavy atom. The Kier molecular flexibility index (Phi) is 15.7. The smallest absolute Gasteiger partial charge is 0.231 e. The fourth-order valence-electron chi connectivity index (χ4n) is 0.352. The molecule has 2 nitrogen and oxygen atoms in total. The number of thiocarbonyl (C=S) groups is 2. The summed E-state index contributed by atoms with van der Waals surface area (Å²) in [6.07, 6.45) is 0. The van der Waals surface area contributed by atoms with Gasteiger partial charge in [-0.1, -0.05) is 0 Å². The van der Waals surface area contributed by atoms with Crippen molar-refractivity contribution in [3.63, 3.8) is 0 Å². The summed E-state index contributed by atoms with van der Waals surface area (Å²) in [7, 11) is 2.62. The highest BCUT2D eigenvalue weighted by Crippen LogP contribution is 2.25. The Labute approximate surface area is 104 Å². The van der Waals surface area contributed by atoms with Gasteiger partial charge >= 0.3 is 0 Å². The normalized spacial score (nSPS) is 8.14. The van der Waals surface area contributed by atoms with E-state index in [1.54, 1.807) is 0 Å². The molecule has 0 N–H and O–H groups in total. The molecular formula is C8H14O2S4. The third-order valence-corrected chi connectivity index (χ3v) is 3.82. The van der Waals surface area contributed by atoms with Crippen LogP contribution in [0.25, 0.3) is 0 Å². The van der Waals surface area contributed by atoms with Crippen molar-refractivity contribution < 1.29 is 9.47 Å². The Balaban J connectivity index is 0. The molecule has 0 saturated heterocycles. The van der Waals surface area contributed by atoms with Crippen molar-refractivity contribution in [2.45, 2.75) is 13.8 Å². The largest absolute Gasteiger partial charge is 0.478 e. The van der Waals surface area contributed by atoms with Crippen molar-refractivity contribution in [1.29, 1.82) is 0 Å². The molecule has 0 aliphatic rings. The van der Waals surface area contributed by atoms with Gasteiger partial charge in [0, 0.05) is 21.6 Å². The van der Waals surface area contributed by atoms with E-state index in [2.05, 4.69) is 13.2 Å². The molecule has 0 radical (unpaired) electrons. The van der Waals surface area contributed by atoms with Crippen LogP contribution in [0.4, 0.5) is 0 Å². The van der Waals surface area contributed by atoms with Gasteiger partial charge in [-0.2, -0.15) is 0 Å². The van der Waals surface area contributed by atoms with E-state index in [0.29, 0.717) is 22.0 Å². The molecule has 0 aliphatic carbocycles. The minimum absolute atomic E-state index is 0.490. The fraction of sp³-hybridized carbons (Fsp3) is 0.500. The average Bonchev–Trinajstić information content (AvgIpc) is 2.19. The summed E-state index contributed by atoms with van der Waals surface area (Å²) in [6, 6.07) is 0. The van der Waals surface area contributed by atoms with Crippen molar-refractivity contribution in [2.75, 3.05) is 13.2 Å². The van der Waals surface area contributed by atoms with Crippen LogP contribution in [0, 0.1) is 0 Å². The van der Waals surface area contributed by atoms with Gasteiger partial charge in [0.25, 0.3) is 0 Å². The Hall–Kier alpha value is 0.220. The van der Waals surface area contributed by atoms with Crippen LogP contribution in [-0.4, -0.2) is 22.0 Å². The van der Waals surface area contributed by atoms with Crippen LogP contribution in [0.5, 0.6) is 0 Å². The second kappa shape index (κ2) is 13.2. The molecule has 0 fully saturated rings. The molecule has 0 atom stereocenters. The summed E-state index contributed by atoms with van der Waals surface area (Å²) in [4.78, 5) is 0. The van der Waals surface area contributed by atoms with Crippen molar-refractivity contribution in [3.05, 3.63) is 13.2 Å². The van der Waals surface area contributed by atoms with E-state index < -0.39 is 0 Å². The van der Waals surface area contributed by atoms with Gasteiger partial charge in [0.2, 0.25) is 8.77 Å². The van der Waals surface area contributed by atoms with E-state index in [-0.39, 0.29) is 0 Å². The maximum Gasteiger partial charge on any atom is 0.231 e. The molecule has 14 heavy (non-hydrogen) atoms. The van der Waals surface area contributed by atoms with Crippen LogP contribution in [0.15, 0.2) is 13.2 Å². The third kappa shape index (κ3) is 12.2. The lowest BCUT2D eigenvalue weighted by atomic mass is 10.9. The second-order valence-electron chi connectivity index (χ2n) is 1.53. The van der Waals surface area contributed by atoms with E-state index in [1.807, 2.05) is 13.8 Å². The second-order valence-corrected chi connectivity index (χ2v) is 4.87. The van der Waals surface area contributed by atoms with Crippen LogP contribution in [0.3, 0.4) is 0 Å². The van der Waals surface area contributed by atoms with E-state index in [9.17, 15) is 0 Å². The number of rotatable bonds is 2. The van der Waals surface area contributed by atoms with E-state index in [0.717, 1.165) is 0 Å². The minimum atomic E-state index is 0.490. The zero-order valence-corrected chi connectivity index (χ0v) is 11.5. The first-order chi connectivity index (χ1) is 6.70. The van der Waals surface area contributed by atoms with E-state index in [1.165, 1.54) is 21.6 Å². The molecule has 0 saturated carbocycles. The van der Waals surface area contributed by atoms with Gasteiger partial charge in [-0.25, -0.2) is 0 Å². The standard InChI is InChI=1S/C6H10O2S4.C2H4/c1-3-7-5(9)11-12-6(10)8-4-2;1-2/h3-4H2,1-2H3;1-2H2. The molecule has 6 heteroatoms. The van der Waals surface area contributed by atoms with Gasteiger partial charge in [0.15, 0.2) is 0 Å². The molecule has 0 aromatic carbocycles. The first-order valence-corrected chi connectivity index (χ1v) is 6.85. The maximum atomic E-state index is 5.03. The summed E-state index contributed by atoms with van der Waals surface area (Å²) in [5, 5.41) is 0. The maximum absolute atomic E-state index is 5.03. The fourth-order valence-corrected chi connectivity index (χ4v) is 2.36. The summed E-state index contributed by atoms with van der Waals surface area (Å²) in [5.74, 6) is 0. The Morgan fingerprint density at radius 1 is 1.00 bits per heavy atom. The van der Waals surface area contributed by atoms with Crippen LogP contribution in [-0.2, 0) is 9.47 Å². The summed E-state index contributed by atoms with van der Waals surface area (Å²) < 4.78 is 11.0. The highest BCUT2D eigenvalue weighted by molar-refractivity contribution is 8.89. The van der Waals surface area contributed by atoms with Crippen molar-refractivity contribution in [2.24, 2.45) is 0 Å². The van der Waals surface area contributed by atoms with Crippen molar-refractivity contribution in [1.82, 2.24) is 0 Å². The first kappa shape index (κ1) is 16.6. The van der Waals surface area contributed by atoms with E-state index >= 15 is 0 Å². The molecule has 0 rings (SSSR count). The zero-order valence-electron chi connectivity index (χ0n) is 8.28. The van der Waals surface area contributed by atoms with Crippen molar-refractivity contribution >= 4 is 54.8 Å². The van der Waals surface area contributed by atoms with Gasteiger partial charge in [-0.3, -0.25) is 0 Å². The van der Waals surface area contributed by atoms with Crippen LogP contribution in [0.2, 0.25) is 0 Å². The SMILES string of the molecule is C=C.CCOC(=S)SSC(=S)OCC. The molecule has 0 spiro atoms. The molecule has 0 bridgehead atoms. The predicted octanol–water partition coefficient (Wildman–Crippen LogP) is 3.81. The Bertz CT molecular complexity index is 155. The molecule has 0 aliphatic heterocycles. The third-order valence-electron chi connectivity index (χ3n) is 0.702. The molecule has 0 amide bonds. The number of ether oxygens (including phenoxy) is 2.